The van der Waals surface area contributed by atoms with E-state index < -0.39 is 0 Å². The average Bonchev–Trinajstić information content (AvgIpc) is 2.67. The van der Waals surface area contributed by atoms with E-state index in [2.05, 4.69) is 52.2 Å². The highest BCUT2D eigenvalue weighted by Gasteiger charge is 2.18. The van der Waals surface area contributed by atoms with E-state index in [-0.39, 0.29) is 6.10 Å². The van der Waals surface area contributed by atoms with Crippen molar-refractivity contribution in [3.8, 4) is 11.5 Å². The summed E-state index contributed by atoms with van der Waals surface area (Å²) in [6.45, 7) is 5.92. The number of nitrogens with one attached hydrogen (secondary N) is 1. The van der Waals surface area contributed by atoms with E-state index >= 15 is 0 Å². The molecule has 0 bridgehead atoms. The molecular formula is C21H25BrN2O2S. The molecule has 6 heteroatoms. The van der Waals surface area contributed by atoms with Crippen molar-refractivity contribution in [2.75, 3.05) is 20.2 Å². The Bertz CT molecular complexity index is 824. The average molecular weight is 449 g/mol. The molecule has 0 spiro atoms. The van der Waals surface area contributed by atoms with Crippen molar-refractivity contribution in [2.24, 2.45) is 4.99 Å². The molecule has 144 valence electrons. The Balaban J connectivity index is 1.94. The summed E-state index contributed by atoms with van der Waals surface area (Å²) in [6, 6.07) is 12.3. The van der Waals surface area contributed by atoms with Crippen molar-refractivity contribution in [3.63, 3.8) is 0 Å². The van der Waals surface area contributed by atoms with Gasteiger partial charge < -0.3 is 14.8 Å². The number of ether oxygens (including phenoxy) is 2. The highest BCUT2D eigenvalue weighted by atomic mass is 79.9. The maximum Gasteiger partial charge on any atom is 0.133 e. The number of hydrogen-bond donors (Lipinski definition) is 1. The van der Waals surface area contributed by atoms with Gasteiger partial charge >= 0.3 is 0 Å². The summed E-state index contributed by atoms with van der Waals surface area (Å²) in [4.78, 5) is 5.80. The molecule has 2 aromatic carbocycles. The quantitative estimate of drug-likeness (QED) is 0.585. The van der Waals surface area contributed by atoms with E-state index in [0.29, 0.717) is 0 Å². The number of aliphatic imine (C=N–C) groups is 1. The molecule has 2 aromatic rings. The molecule has 0 aliphatic carbocycles. The summed E-state index contributed by atoms with van der Waals surface area (Å²) >= 11 is 5.31. The third-order valence-corrected chi connectivity index (χ3v) is 5.77. The van der Waals surface area contributed by atoms with Crippen LogP contribution in [0.1, 0.15) is 31.4 Å². The Kier molecular flexibility index (Phi) is 7.07. The van der Waals surface area contributed by atoms with E-state index in [0.717, 1.165) is 63.1 Å². The predicted molar refractivity (Wildman–Crippen MR) is 116 cm³/mol. The second-order valence-corrected chi connectivity index (χ2v) is 8.46. The smallest absolute Gasteiger partial charge is 0.133 e. The van der Waals surface area contributed by atoms with Gasteiger partial charge in [-0.1, -0.05) is 22.0 Å². The van der Waals surface area contributed by atoms with Gasteiger partial charge in [-0.2, -0.15) is 0 Å². The zero-order valence-corrected chi connectivity index (χ0v) is 18.3. The molecule has 1 heterocycles. The van der Waals surface area contributed by atoms with Crippen LogP contribution >= 0.6 is 27.7 Å². The van der Waals surface area contributed by atoms with Crippen LogP contribution in [0.4, 0.5) is 0 Å². The van der Waals surface area contributed by atoms with Gasteiger partial charge in [-0.15, -0.1) is 11.8 Å². The van der Waals surface area contributed by atoms with Crippen LogP contribution in [-0.2, 0) is 5.75 Å². The molecule has 0 atom stereocenters. The molecule has 1 N–H and O–H groups in total. The molecule has 27 heavy (non-hydrogen) atoms. The molecule has 0 amide bonds. The number of nitrogens with zero attached hydrogens (tertiary/aromatic N) is 1. The summed E-state index contributed by atoms with van der Waals surface area (Å²) < 4.78 is 12.7. The minimum atomic E-state index is 0.112. The Morgan fingerprint density at radius 1 is 1.22 bits per heavy atom. The molecule has 0 saturated heterocycles. The molecule has 1 aliphatic heterocycles. The Labute approximate surface area is 173 Å². The fourth-order valence-corrected chi connectivity index (χ4v) is 4.43. The number of hydrogen-bond acceptors (Lipinski definition) is 5. The van der Waals surface area contributed by atoms with Gasteiger partial charge in [-0.05, 0) is 50.6 Å². The second kappa shape index (κ2) is 9.51. The lowest BCUT2D eigenvalue weighted by Crippen LogP contribution is -2.30. The molecule has 0 saturated carbocycles. The summed E-state index contributed by atoms with van der Waals surface area (Å²) in [7, 11) is 1.71. The molecule has 0 aromatic heterocycles. The SMILES string of the molecule is COc1ccc(Br)cc1CSc1c(OC(C)C)cccc1C1=NCCCN1. The van der Waals surface area contributed by atoms with Gasteiger partial charge in [0, 0.05) is 34.4 Å². The Hall–Kier alpha value is -1.66. The lowest BCUT2D eigenvalue weighted by molar-refractivity contribution is 0.236. The largest absolute Gasteiger partial charge is 0.496 e. The first-order valence-corrected chi connectivity index (χ1v) is 10.9. The Morgan fingerprint density at radius 2 is 2.07 bits per heavy atom. The summed E-state index contributed by atoms with van der Waals surface area (Å²) in [5.41, 5.74) is 2.24. The van der Waals surface area contributed by atoms with Gasteiger partial charge in [0.2, 0.25) is 0 Å². The van der Waals surface area contributed by atoms with Crippen LogP contribution in [0.3, 0.4) is 0 Å². The van der Waals surface area contributed by atoms with Crippen molar-refractivity contribution < 1.29 is 9.47 Å². The monoisotopic (exact) mass is 448 g/mol. The van der Waals surface area contributed by atoms with Crippen molar-refractivity contribution in [2.45, 2.75) is 37.0 Å². The summed E-state index contributed by atoms with van der Waals surface area (Å²) in [5, 5.41) is 3.44. The van der Waals surface area contributed by atoms with E-state index in [1.54, 1.807) is 18.9 Å². The van der Waals surface area contributed by atoms with Crippen LogP contribution in [0.15, 0.2) is 50.8 Å². The lowest BCUT2D eigenvalue weighted by Gasteiger charge is -2.21. The minimum Gasteiger partial charge on any atom is -0.496 e. The summed E-state index contributed by atoms with van der Waals surface area (Å²) in [5.74, 6) is 3.53. The minimum absolute atomic E-state index is 0.112. The zero-order valence-electron chi connectivity index (χ0n) is 15.9. The molecule has 3 rings (SSSR count). The van der Waals surface area contributed by atoms with E-state index in [1.165, 1.54) is 0 Å². The molecule has 4 nitrogen and oxygen atoms in total. The highest BCUT2D eigenvalue weighted by molar-refractivity contribution is 9.10. The standard InChI is InChI=1S/C21H25BrN2O2S/c1-14(2)26-19-7-4-6-17(21-23-10-5-11-24-21)20(19)27-13-15-12-16(22)8-9-18(15)25-3/h4,6-9,12,14H,5,10-11,13H2,1-3H3,(H,23,24). The number of thioether (sulfide) groups is 1. The van der Waals surface area contributed by atoms with Crippen LogP contribution in [0.2, 0.25) is 0 Å². The van der Waals surface area contributed by atoms with Gasteiger partial charge in [0.05, 0.1) is 18.1 Å². The Morgan fingerprint density at radius 3 is 2.78 bits per heavy atom. The predicted octanol–water partition coefficient (Wildman–Crippen LogP) is 5.28. The normalized spacial score (nSPS) is 13.9. The maximum absolute atomic E-state index is 6.10. The van der Waals surface area contributed by atoms with E-state index in [4.69, 9.17) is 9.47 Å². The third-order valence-electron chi connectivity index (χ3n) is 4.11. The molecule has 0 fully saturated rings. The van der Waals surface area contributed by atoms with Crippen molar-refractivity contribution in [1.82, 2.24) is 5.32 Å². The maximum atomic E-state index is 6.10. The van der Waals surface area contributed by atoms with Crippen LogP contribution in [0.5, 0.6) is 11.5 Å². The van der Waals surface area contributed by atoms with Crippen LogP contribution in [0, 0.1) is 0 Å². The molecule has 0 unspecified atom stereocenters. The first-order valence-electron chi connectivity index (χ1n) is 9.12. The van der Waals surface area contributed by atoms with Crippen molar-refractivity contribution in [1.29, 1.82) is 0 Å². The lowest BCUT2D eigenvalue weighted by atomic mass is 10.1. The number of halogens is 1. The van der Waals surface area contributed by atoms with E-state index in [1.807, 2.05) is 24.3 Å². The zero-order chi connectivity index (χ0) is 19.2. The van der Waals surface area contributed by atoms with Gasteiger partial charge in [0.15, 0.2) is 0 Å². The topological polar surface area (TPSA) is 42.9 Å². The second-order valence-electron chi connectivity index (χ2n) is 6.55. The van der Waals surface area contributed by atoms with Crippen LogP contribution in [0.25, 0.3) is 0 Å². The first kappa shape index (κ1) is 20.1. The van der Waals surface area contributed by atoms with Crippen LogP contribution < -0.4 is 14.8 Å². The number of rotatable bonds is 7. The van der Waals surface area contributed by atoms with Gasteiger partial charge in [-0.25, -0.2) is 0 Å². The van der Waals surface area contributed by atoms with Crippen LogP contribution in [-0.4, -0.2) is 32.1 Å². The number of benzene rings is 2. The fourth-order valence-electron chi connectivity index (χ4n) is 2.92. The fraction of sp³-hybridized carbons (Fsp3) is 0.381. The highest BCUT2D eigenvalue weighted by Crippen LogP contribution is 2.38. The first-order chi connectivity index (χ1) is 13.1. The molecular weight excluding hydrogens is 424 g/mol. The van der Waals surface area contributed by atoms with Crippen molar-refractivity contribution in [3.05, 3.63) is 52.0 Å². The third kappa shape index (κ3) is 5.20. The van der Waals surface area contributed by atoms with Gasteiger partial charge in [-0.3, -0.25) is 4.99 Å². The summed E-state index contributed by atoms with van der Waals surface area (Å²) in [6.07, 6.45) is 1.19. The van der Waals surface area contributed by atoms with Gasteiger partial charge in [0.25, 0.3) is 0 Å². The molecule has 1 aliphatic rings. The van der Waals surface area contributed by atoms with Gasteiger partial charge in [0.1, 0.15) is 17.3 Å². The number of methoxy groups -OCH3 is 1. The van der Waals surface area contributed by atoms with Crippen molar-refractivity contribution >= 4 is 33.5 Å². The molecule has 0 radical (unpaired) electrons. The van der Waals surface area contributed by atoms with E-state index in [9.17, 15) is 0 Å². The number of amidine groups is 1.